The van der Waals surface area contributed by atoms with E-state index in [1.807, 2.05) is 16.7 Å². The Balaban J connectivity index is 2.67. The largest absolute Gasteiger partial charge is 0.337 e. The van der Waals surface area contributed by atoms with Crippen LogP contribution in [-0.2, 0) is 17.8 Å². The number of nitrogens with zero attached hydrogens (tertiary/aromatic N) is 1. The first kappa shape index (κ1) is 23.0. The molecule has 1 amide bonds. The van der Waals surface area contributed by atoms with Crippen LogP contribution < -0.4 is 5.73 Å². The van der Waals surface area contributed by atoms with E-state index in [-0.39, 0.29) is 11.8 Å². The molecule has 4 heteroatoms. The molecule has 0 aliphatic carbocycles. The fourth-order valence-electron chi connectivity index (χ4n) is 3.21. The molecule has 1 aromatic rings. The van der Waals surface area contributed by atoms with Crippen molar-refractivity contribution in [2.75, 3.05) is 18.8 Å². The number of hydrogen-bond acceptors (Lipinski definition) is 3. The Bertz CT molecular complexity index is 515. The third kappa shape index (κ3) is 8.13. The van der Waals surface area contributed by atoms with Crippen LogP contribution in [0, 0.1) is 5.92 Å². The summed E-state index contributed by atoms with van der Waals surface area (Å²) in [6.45, 7) is 10.5. The van der Waals surface area contributed by atoms with E-state index in [0.29, 0.717) is 24.9 Å². The van der Waals surface area contributed by atoms with Crippen molar-refractivity contribution in [3.63, 3.8) is 0 Å². The van der Waals surface area contributed by atoms with Gasteiger partial charge in [-0.3, -0.25) is 4.79 Å². The van der Waals surface area contributed by atoms with E-state index in [0.717, 1.165) is 12.2 Å². The van der Waals surface area contributed by atoms with Gasteiger partial charge in [0.05, 0.1) is 0 Å². The predicted molar refractivity (Wildman–Crippen MR) is 116 cm³/mol. The highest BCUT2D eigenvalue weighted by atomic mass is 32.2. The van der Waals surface area contributed by atoms with Crippen molar-refractivity contribution in [3.05, 3.63) is 35.4 Å². The molecule has 0 bridgehead atoms. The number of rotatable bonds is 13. The van der Waals surface area contributed by atoms with Gasteiger partial charge in [0.25, 0.3) is 0 Å². The van der Waals surface area contributed by atoms with E-state index >= 15 is 0 Å². The minimum atomic E-state index is 0.0390. The van der Waals surface area contributed by atoms with Crippen LogP contribution in [0.2, 0.25) is 0 Å². The Kier molecular flexibility index (Phi) is 11.7. The first-order valence-electron chi connectivity index (χ1n) is 10.2. The van der Waals surface area contributed by atoms with Gasteiger partial charge in [0.2, 0.25) is 5.91 Å². The first-order valence-corrected chi connectivity index (χ1v) is 11.3. The minimum absolute atomic E-state index is 0.0390. The highest BCUT2D eigenvalue weighted by Crippen LogP contribution is 2.24. The molecule has 0 aliphatic rings. The summed E-state index contributed by atoms with van der Waals surface area (Å²) in [7, 11) is 0. The number of amides is 1. The number of thioether (sulfide) groups is 1. The van der Waals surface area contributed by atoms with Crippen LogP contribution >= 0.6 is 11.8 Å². The van der Waals surface area contributed by atoms with E-state index in [4.69, 9.17) is 5.73 Å². The molecule has 1 unspecified atom stereocenters. The summed E-state index contributed by atoms with van der Waals surface area (Å²) in [5.74, 6) is 1.17. The third-order valence-electron chi connectivity index (χ3n) is 4.71. The fourth-order valence-corrected chi connectivity index (χ4v) is 4.72. The second-order valence-corrected chi connectivity index (χ2v) is 8.49. The van der Waals surface area contributed by atoms with Crippen LogP contribution in [0.5, 0.6) is 0 Å². The highest BCUT2D eigenvalue weighted by Gasteiger charge is 2.21. The summed E-state index contributed by atoms with van der Waals surface area (Å²) in [6.07, 6.45) is 5.94. The van der Waals surface area contributed by atoms with E-state index in [9.17, 15) is 4.79 Å². The topological polar surface area (TPSA) is 46.3 Å². The molecule has 26 heavy (non-hydrogen) atoms. The van der Waals surface area contributed by atoms with E-state index < -0.39 is 0 Å². The van der Waals surface area contributed by atoms with Gasteiger partial charge in [-0.25, -0.2) is 0 Å². The third-order valence-corrected chi connectivity index (χ3v) is 6.34. The smallest absolute Gasteiger partial charge is 0.226 e. The predicted octanol–water partition coefficient (Wildman–Crippen LogP) is 4.87. The van der Waals surface area contributed by atoms with Gasteiger partial charge in [-0.15, -0.1) is 0 Å². The lowest BCUT2D eigenvalue weighted by atomic mass is 10.1. The zero-order valence-corrected chi connectivity index (χ0v) is 18.0. The molecule has 148 valence electrons. The van der Waals surface area contributed by atoms with Gasteiger partial charge in [-0.1, -0.05) is 64.8 Å². The molecular weight excluding hydrogens is 340 g/mol. The van der Waals surface area contributed by atoms with Gasteiger partial charge in [-0.05, 0) is 30.4 Å². The maximum atomic E-state index is 13.0. The van der Waals surface area contributed by atoms with Crippen molar-refractivity contribution in [2.45, 2.75) is 71.6 Å². The van der Waals surface area contributed by atoms with Gasteiger partial charge < -0.3 is 10.6 Å². The Hall–Kier alpha value is -1.00. The fraction of sp³-hybridized carbons (Fsp3) is 0.682. The second kappa shape index (κ2) is 13.2. The van der Waals surface area contributed by atoms with Gasteiger partial charge in [0.1, 0.15) is 0 Å². The molecule has 1 atom stereocenters. The van der Waals surface area contributed by atoms with E-state index in [2.05, 4.69) is 52.0 Å². The minimum Gasteiger partial charge on any atom is -0.337 e. The molecule has 0 heterocycles. The lowest BCUT2D eigenvalue weighted by molar-refractivity contribution is -0.134. The molecule has 0 aromatic heterocycles. The van der Waals surface area contributed by atoms with Crippen molar-refractivity contribution in [2.24, 2.45) is 11.7 Å². The normalized spacial score (nSPS) is 12.4. The maximum Gasteiger partial charge on any atom is 0.226 e. The maximum absolute atomic E-state index is 13.0. The lowest BCUT2D eigenvalue weighted by Gasteiger charge is -2.26. The Morgan fingerprint density at radius 2 is 1.81 bits per heavy atom. The van der Waals surface area contributed by atoms with Gasteiger partial charge in [0, 0.05) is 36.6 Å². The number of carbonyl (C=O) groups is 1. The van der Waals surface area contributed by atoms with Crippen molar-refractivity contribution < 1.29 is 4.79 Å². The van der Waals surface area contributed by atoms with Crippen LogP contribution in [0.3, 0.4) is 0 Å². The Morgan fingerprint density at radius 3 is 2.38 bits per heavy atom. The van der Waals surface area contributed by atoms with Crippen LogP contribution in [0.25, 0.3) is 0 Å². The second-order valence-electron chi connectivity index (χ2n) is 7.16. The molecule has 0 saturated carbocycles. The van der Waals surface area contributed by atoms with Gasteiger partial charge in [0.15, 0.2) is 0 Å². The van der Waals surface area contributed by atoms with Crippen molar-refractivity contribution >= 4 is 17.7 Å². The molecule has 0 radical (unpaired) electrons. The summed E-state index contributed by atoms with van der Waals surface area (Å²) in [5, 5.41) is 0.685. The SMILES string of the molecule is CCCC(CCC)SCC(C)C(=O)N(CCN)Cc1cccc(CC)c1. The molecule has 0 fully saturated rings. The molecule has 0 spiro atoms. The van der Waals surface area contributed by atoms with E-state index in [1.165, 1.54) is 36.8 Å². The Morgan fingerprint density at radius 1 is 1.15 bits per heavy atom. The average Bonchev–Trinajstić information content (AvgIpc) is 2.65. The standard InChI is InChI=1S/C22H38N2OS/c1-5-9-21(10-6-2)26-17-18(4)22(25)24(14-13-23)16-20-12-8-11-19(7-3)15-20/h8,11-12,15,18,21H,5-7,9-10,13-14,16-17,23H2,1-4H3. The molecule has 2 N–H and O–H groups in total. The van der Waals surface area contributed by atoms with Crippen LogP contribution in [0.1, 0.15) is 64.5 Å². The van der Waals surface area contributed by atoms with Crippen molar-refractivity contribution in [1.82, 2.24) is 4.90 Å². The zero-order chi connectivity index (χ0) is 19.4. The number of nitrogens with two attached hydrogens (primary N) is 1. The summed E-state index contributed by atoms with van der Waals surface area (Å²) < 4.78 is 0. The van der Waals surface area contributed by atoms with Crippen LogP contribution in [0.4, 0.5) is 0 Å². The average molecular weight is 379 g/mol. The monoisotopic (exact) mass is 378 g/mol. The summed E-state index contributed by atoms with van der Waals surface area (Å²) in [5.41, 5.74) is 8.29. The first-order chi connectivity index (χ1) is 12.5. The molecule has 1 rings (SSSR count). The molecule has 0 saturated heterocycles. The summed E-state index contributed by atoms with van der Waals surface area (Å²) in [4.78, 5) is 14.9. The number of aryl methyl sites for hydroxylation is 1. The zero-order valence-electron chi connectivity index (χ0n) is 17.2. The number of hydrogen-bond donors (Lipinski definition) is 1. The number of benzene rings is 1. The van der Waals surface area contributed by atoms with Crippen LogP contribution in [-0.4, -0.2) is 34.9 Å². The van der Waals surface area contributed by atoms with Crippen LogP contribution in [0.15, 0.2) is 24.3 Å². The summed E-state index contributed by atoms with van der Waals surface area (Å²) in [6, 6.07) is 8.53. The van der Waals surface area contributed by atoms with Crippen molar-refractivity contribution in [1.29, 1.82) is 0 Å². The molecule has 1 aromatic carbocycles. The van der Waals surface area contributed by atoms with E-state index in [1.54, 1.807) is 0 Å². The van der Waals surface area contributed by atoms with Gasteiger partial charge in [-0.2, -0.15) is 11.8 Å². The summed E-state index contributed by atoms with van der Waals surface area (Å²) >= 11 is 1.98. The molecule has 0 aliphatic heterocycles. The lowest BCUT2D eigenvalue weighted by Crippen LogP contribution is -2.39. The van der Waals surface area contributed by atoms with Gasteiger partial charge >= 0.3 is 0 Å². The quantitative estimate of drug-likeness (QED) is 0.532. The molecular formula is C22H38N2OS. The Labute approximate surface area is 165 Å². The van der Waals surface area contributed by atoms with Crippen molar-refractivity contribution in [3.8, 4) is 0 Å². The highest BCUT2D eigenvalue weighted by molar-refractivity contribution is 7.99. The molecule has 3 nitrogen and oxygen atoms in total. The number of carbonyl (C=O) groups excluding carboxylic acids is 1.